The van der Waals surface area contributed by atoms with Gasteiger partial charge in [-0.15, -0.1) is 11.8 Å². The van der Waals surface area contributed by atoms with E-state index in [4.69, 9.17) is 0 Å². The van der Waals surface area contributed by atoms with E-state index >= 15 is 0 Å². The maximum absolute atomic E-state index is 12.6. The number of carbonyl (C=O) groups excluding carboxylic acids is 1. The molecule has 0 aliphatic rings. The number of ketones is 1. The Balaban J connectivity index is 2.02. The molecule has 1 aromatic heterocycles. The Morgan fingerprint density at radius 3 is 2.63 bits per heavy atom. The summed E-state index contributed by atoms with van der Waals surface area (Å²) in [5, 5.41) is 0. The van der Waals surface area contributed by atoms with Crippen molar-refractivity contribution >= 4 is 17.5 Å². The second-order valence-electron chi connectivity index (χ2n) is 3.90. The van der Waals surface area contributed by atoms with E-state index in [1.54, 1.807) is 24.3 Å². The fourth-order valence-corrected chi connectivity index (χ4v) is 2.42. The molecule has 19 heavy (non-hydrogen) atoms. The van der Waals surface area contributed by atoms with Crippen molar-refractivity contribution in [3.05, 3.63) is 48.0 Å². The first kappa shape index (κ1) is 13.7. The molecule has 100 valence electrons. The zero-order valence-electron chi connectivity index (χ0n) is 10.2. The Hall–Kier alpha value is -1.69. The van der Waals surface area contributed by atoms with Crippen molar-refractivity contribution in [3.63, 3.8) is 0 Å². The lowest BCUT2D eigenvalue weighted by Crippen LogP contribution is -2.02. The van der Waals surface area contributed by atoms with Gasteiger partial charge in [0.25, 0.3) is 0 Å². The predicted octanol–water partition coefficient (Wildman–Crippen LogP) is 3.77. The van der Waals surface area contributed by atoms with Crippen molar-refractivity contribution in [2.24, 2.45) is 0 Å². The molecule has 0 saturated heterocycles. The molecule has 0 aliphatic carbocycles. The van der Waals surface area contributed by atoms with E-state index in [1.807, 2.05) is 0 Å². The highest BCUT2D eigenvalue weighted by molar-refractivity contribution is 7.98. The summed E-state index contributed by atoms with van der Waals surface area (Å²) < 4.78 is 26.1. The van der Waals surface area contributed by atoms with Gasteiger partial charge in [-0.2, -0.15) is 8.78 Å². The van der Waals surface area contributed by atoms with Crippen LogP contribution in [0.1, 0.15) is 29.7 Å². The number of thioether (sulfide) groups is 1. The van der Waals surface area contributed by atoms with Crippen LogP contribution in [0, 0.1) is 0 Å². The van der Waals surface area contributed by atoms with Crippen LogP contribution in [0.15, 0.2) is 41.6 Å². The Morgan fingerprint density at radius 2 is 2.05 bits per heavy atom. The van der Waals surface area contributed by atoms with Crippen LogP contribution in [0.3, 0.4) is 0 Å². The van der Waals surface area contributed by atoms with Gasteiger partial charge in [0.1, 0.15) is 5.82 Å². The lowest BCUT2D eigenvalue weighted by molar-refractivity contribution is 0.0678. The predicted molar refractivity (Wildman–Crippen MR) is 69.5 cm³/mol. The van der Waals surface area contributed by atoms with Gasteiger partial charge in [-0.3, -0.25) is 9.36 Å². The molecule has 0 amide bonds. The minimum absolute atomic E-state index is 0.00444. The lowest BCUT2D eigenvalue weighted by atomic mass is 10.2. The van der Waals surface area contributed by atoms with Crippen LogP contribution >= 0.6 is 11.8 Å². The van der Waals surface area contributed by atoms with Gasteiger partial charge in [-0.05, 0) is 19.1 Å². The molecule has 0 atom stereocenters. The number of halogens is 2. The summed E-state index contributed by atoms with van der Waals surface area (Å²) in [4.78, 5) is 15.9. The molecule has 0 radical (unpaired) electrons. The smallest absolute Gasteiger partial charge is 0.295 e. The van der Waals surface area contributed by atoms with Gasteiger partial charge >= 0.3 is 6.55 Å². The molecule has 0 saturated carbocycles. The third-order valence-electron chi connectivity index (χ3n) is 2.59. The van der Waals surface area contributed by atoms with Crippen molar-refractivity contribution in [2.75, 3.05) is 0 Å². The molecule has 1 aromatic carbocycles. The Kier molecular flexibility index (Phi) is 4.31. The molecule has 2 rings (SSSR count). The Morgan fingerprint density at radius 1 is 1.37 bits per heavy atom. The topological polar surface area (TPSA) is 34.9 Å². The van der Waals surface area contributed by atoms with Gasteiger partial charge in [0.05, 0.1) is 5.75 Å². The first-order valence-corrected chi connectivity index (χ1v) is 6.60. The van der Waals surface area contributed by atoms with E-state index in [9.17, 15) is 13.6 Å². The molecular formula is C13H12F2N2OS. The molecule has 0 bridgehead atoms. The number of alkyl halides is 2. The summed E-state index contributed by atoms with van der Waals surface area (Å²) >= 11 is 1.40. The number of rotatable bonds is 5. The van der Waals surface area contributed by atoms with E-state index in [0.29, 0.717) is 17.1 Å². The normalized spacial score (nSPS) is 10.9. The molecular weight excluding hydrogens is 270 g/mol. The summed E-state index contributed by atoms with van der Waals surface area (Å²) in [5.41, 5.74) is 0.637. The summed E-state index contributed by atoms with van der Waals surface area (Å²) in [6.45, 7) is -1.07. The molecule has 3 nitrogen and oxygen atoms in total. The van der Waals surface area contributed by atoms with Crippen LogP contribution in [0.25, 0.3) is 0 Å². The van der Waals surface area contributed by atoms with Crippen molar-refractivity contribution in [3.8, 4) is 0 Å². The van der Waals surface area contributed by atoms with Crippen LogP contribution in [0.2, 0.25) is 0 Å². The van der Waals surface area contributed by atoms with E-state index in [2.05, 4.69) is 4.98 Å². The van der Waals surface area contributed by atoms with Crippen LogP contribution in [0.5, 0.6) is 0 Å². The highest BCUT2D eigenvalue weighted by atomic mass is 32.2. The van der Waals surface area contributed by atoms with Crippen LogP contribution in [-0.2, 0) is 5.75 Å². The van der Waals surface area contributed by atoms with E-state index in [0.717, 1.165) is 9.46 Å². The fraction of sp³-hybridized carbons (Fsp3) is 0.231. The third-order valence-corrected chi connectivity index (χ3v) is 3.60. The van der Waals surface area contributed by atoms with Gasteiger partial charge in [-0.1, -0.05) is 12.1 Å². The number of nitrogens with zero attached hydrogens (tertiary/aromatic N) is 2. The maximum Gasteiger partial charge on any atom is 0.319 e. The summed E-state index contributed by atoms with van der Waals surface area (Å²) in [6.07, 6.45) is 2.63. The van der Waals surface area contributed by atoms with Crippen molar-refractivity contribution < 1.29 is 13.6 Å². The maximum atomic E-state index is 12.6. The molecule has 0 aliphatic heterocycles. The Labute approximate surface area is 113 Å². The molecule has 6 heteroatoms. The number of carbonyl (C=O) groups is 1. The number of benzene rings is 1. The van der Waals surface area contributed by atoms with Gasteiger partial charge in [-0.25, -0.2) is 4.98 Å². The molecule has 0 fully saturated rings. The standard InChI is InChI=1S/C13H12F2N2OS/c1-9(18)10-2-4-11(5-3-10)19-8-12-16-6-7-17(12)13(14)15/h2-7,13H,8H2,1H3. The van der Waals surface area contributed by atoms with E-state index in [-0.39, 0.29) is 5.78 Å². The molecule has 1 heterocycles. The summed E-state index contributed by atoms with van der Waals surface area (Å²) in [7, 11) is 0. The second-order valence-corrected chi connectivity index (χ2v) is 4.95. The molecule has 2 aromatic rings. The van der Waals surface area contributed by atoms with Gasteiger partial charge in [0, 0.05) is 22.9 Å². The average Bonchev–Trinajstić information content (AvgIpc) is 2.85. The SMILES string of the molecule is CC(=O)c1ccc(SCc2nccn2C(F)F)cc1. The monoisotopic (exact) mass is 282 g/mol. The number of Topliss-reactive ketones (excluding diaryl/α,β-unsaturated/α-hetero) is 1. The number of imidazole rings is 1. The minimum atomic E-state index is -2.57. The van der Waals surface area contributed by atoms with E-state index in [1.165, 1.54) is 31.1 Å². The van der Waals surface area contributed by atoms with Crippen LogP contribution < -0.4 is 0 Å². The molecule has 0 unspecified atom stereocenters. The second kappa shape index (κ2) is 5.97. The molecule has 0 N–H and O–H groups in total. The Bertz CT molecular complexity index is 566. The van der Waals surface area contributed by atoms with Gasteiger partial charge < -0.3 is 0 Å². The first-order valence-electron chi connectivity index (χ1n) is 5.61. The number of hydrogen-bond donors (Lipinski definition) is 0. The van der Waals surface area contributed by atoms with Crippen LogP contribution in [-0.4, -0.2) is 15.3 Å². The summed E-state index contributed by atoms with van der Waals surface area (Å²) in [6, 6.07) is 7.06. The number of aromatic nitrogens is 2. The highest BCUT2D eigenvalue weighted by Crippen LogP contribution is 2.24. The fourth-order valence-electron chi connectivity index (χ4n) is 1.57. The van der Waals surface area contributed by atoms with Gasteiger partial charge in [0.15, 0.2) is 5.78 Å². The van der Waals surface area contributed by atoms with Crippen molar-refractivity contribution in [2.45, 2.75) is 24.1 Å². The van der Waals surface area contributed by atoms with Gasteiger partial charge in [0.2, 0.25) is 0 Å². The average molecular weight is 282 g/mol. The highest BCUT2D eigenvalue weighted by Gasteiger charge is 2.11. The number of hydrogen-bond acceptors (Lipinski definition) is 3. The van der Waals surface area contributed by atoms with Crippen molar-refractivity contribution in [1.29, 1.82) is 0 Å². The molecule has 0 spiro atoms. The minimum Gasteiger partial charge on any atom is -0.295 e. The lowest BCUT2D eigenvalue weighted by Gasteiger charge is -2.06. The van der Waals surface area contributed by atoms with E-state index < -0.39 is 6.55 Å². The first-order chi connectivity index (χ1) is 9.08. The summed E-state index contributed by atoms with van der Waals surface area (Å²) in [5.74, 6) is 0.692. The zero-order chi connectivity index (χ0) is 13.8. The van der Waals surface area contributed by atoms with Crippen molar-refractivity contribution in [1.82, 2.24) is 9.55 Å². The largest absolute Gasteiger partial charge is 0.319 e. The zero-order valence-corrected chi connectivity index (χ0v) is 11.0. The van der Waals surface area contributed by atoms with Crippen LogP contribution in [0.4, 0.5) is 8.78 Å². The third kappa shape index (κ3) is 3.41. The quantitative estimate of drug-likeness (QED) is 0.618.